The summed E-state index contributed by atoms with van der Waals surface area (Å²) in [4.78, 5) is 44.8. The van der Waals surface area contributed by atoms with E-state index in [1.54, 1.807) is 6.92 Å². The molecular formula is C18H21N4NaO5S2. The average molecular weight is 461 g/mol. The van der Waals surface area contributed by atoms with Crippen LogP contribution in [0.3, 0.4) is 0 Å². The SMILES string of the molecule is CC(O)C1C(=O)N2C(C(=O)[O-])=C(Sc3nc4c(s3)CCN(CC(N)=O)C4)C(C)C12.[Na+]. The maximum absolute atomic E-state index is 12.4. The molecule has 4 atom stereocenters. The molecule has 0 saturated carbocycles. The van der Waals surface area contributed by atoms with Crippen molar-refractivity contribution in [3.63, 3.8) is 0 Å². The van der Waals surface area contributed by atoms with Gasteiger partial charge in [0.2, 0.25) is 11.8 Å². The summed E-state index contributed by atoms with van der Waals surface area (Å²) >= 11 is 2.75. The normalized spacial score (nSPS) is 26.6. The number of fused-ring (bicyclic) bond motifs is 2. The molecule has 2 amide bonds. The van der Waals surface area contributed by atoms with Gasteiger partial charge in [-0.3, -0.25) is 14.5 Å². The molecule has 1 aromatic rings. The molecule has 0 radical (unpaired) electrons. The van der Waals surface area contributed by atoms with Gasteiger partial charge in [0.15, 0.2) is 4.34 Å². The number of thioether (sulfide) groups is 1. The third-order valence-electron chi connectivity index (χ3n) is 5.67. The number of carboxylic acids is 1. The van der Waals surface area contributed by atoms with Crippen LogP contribution in [-0.2, 0) is 27.3 Å². The zero-order valence-electron chi connectivity index (χ0n) is 17.0. The van der Waals surface area contributed by atoms with E-state index >= 15 is 0 Å². The first-order chi connectivity index (χ1) is 13.7. The molecule has 4 heterocycles. The minimum Gasteiger partial charge on any atom is -0.543 e. The zero-order valence-corrected chi connectivity index (χ0v) is 20.6. The van der Waals surface area contributed by atoms with Crippen molar-refractivity contribution in [3.05, 3.63) is 21.2 Å². The van der Waals surface area contributed by atoms with Crippen LogP contribution in [-0.4, -0.2) is 62.9 Å². The third kappa shape index (κ3) is 3.96. The fourth-order valence-electron chi connectivity index (χ4n) is 4.37. The van der Waals surface area contributed by atoms with Gasteiger partial charge in [0, 0.05) is 28.8 Å². The van der Waals surface area contributed by atoms with Crippen LogP contribution >= 0.6 is 23.1 Å². The first-order valence-corrected chi connectivity index (χ1v) is 11.0. The van der Waals surface area contributed by atoms with Crippen molar-refractivity contribution in [2.45, 2.75) is 43.3 Å². The van der Waals surface area contributed by atoms with Crippen LogP contribution < -0.4 is 40.4 Å². The van der Waals surface area contributed by atoms with Gasteiger partial charge in [-0.25, -0.2) is 4.98 Å². The van der Waals surface area contributed by atoms with Crippen molar-refractivity contribution in [2.75, 3.05) is 13.1 Å². The molecular weight excluding hydrogens is 439 g/mol. The first-order valence-electron chi connectivity index (χ1n) is 9.32. The van der Waals surface area contributed by atoms with Gasteiger partial charge < -0.3 is 25.6 Å². The van der Waals surface area contributed by atoms with Crippen molar-refractivity contribution in [1.29, 1.82) is 0 Å². The monoisotopic (exact) mass is 460 g/mol. The van der Waals surface area contributed by atoms with Crippen molar-refractivity contribution in [1.82, 2.24) is 14.8 Å². The molecule has 0 aromatic carbocycles. The molecule has 1 saturated heterocycles. The van der Waals surface area contributed by atoms with Crippen LogP contribution in [0.5, 0.6) is 0 Å². The summed E-state index contributed by atoms with van der Waals surface area (Å²) in [5, 5.41) is 21.7. The number of carboxylic acid groups (broad SMARTS) is 1. The van der Waals surface area contributed by atoms with Crippen molar-refractivity contribution >= 4 is 40.9 Å². The molecule has 1 fully saturated rings. The number of primary amides is 1. The summed E-state index contributed by atoms with van der Waals surface area (Å²) in [6.45, 7) is 4.82. The summed E-state index contributed by atoms with van der Waals surface area (Å²) < 4.78 is 0.695. The second-order valence-corrected chi connectivity index (χ2v) is 10.0. The van der Waals surface area contributed by atoms with Crippen LogP contribution in [0.2, 0.25) is 0 Å². The van der Waals surface area contributed by atoms with Gasteiger partial charge in [0.1, 0.15) is 0 Å². The average Bonchev–Trinajstić information content (AvgIpc) is 3.11. The number of aliphatic carboxylic acids is 1. The molecule has 0 spiro atoms. The molecule has 30 heavy (non-hydrogen) atoms. The predicted molar refractivity (Wildman–Crippen MR) is 103 cm³/mol. The van der Waals surface area contributed by atoms with Crippen molar-refractivity contribution in [2.24, 2.45) is 17.6 Å². The van der Waals surface area contributed by atoms with E-state index in [1.165, 1.54) is 28.0 Å². The summed E-state index contributed by atoms with van der Waals surface area (Å²) in [5.41, 5.74) is 6.03. The van der Waals surface area contributed by atoms with E-state index in [-0.39, 0.29) is 65.6 Å². The second-order valence-electron chi connectivity index (χ2n) is 7.63. The number of nitrogens with zero attached hydrogens (tertiary/aromatic N) is 3. The largest absolute Gasteiger partial charge is 1.00 e. The number of amides is 2. The second kappa shape index (κ2) is 8.89. The van der Waals surface area contributed by atoms with Crippen LogP contribution in [0, 0.1) is 11.8 Å². The van der Waals surface area contributed by atoms with Crippen LogP contribution in [0.4, 0.5) is 0 Å². The quantitative estimate of drug-likeness (QED) is 0.323. The third-order valence-corrected chi connectivity index (χ3v) is 8.17. The fourth-order valence-corrected chi connectivity index (χ4v) is 6.84. The van der Waals surface area contributed by atoms with E-state index in [1.807, 2.05) is 11.8 Å². The van der Waals surface area contributed by atoms with Gasteiger partial charge >= 0.3 is 29.6 Å². The number of carbonyl (C=O) groups excluding carboxylic acids is 3. The molecule has 3 N–H and O–H groups in total. The van der Waals surface area contributed by atoms with Crippen molar-refractivity contribution < 1.29 is 54.2 Å². The number of hydrogen-bond acceptors (Lipinski definition) is 9. The molecule has 9 nitrogen and oxygen atoms in total. The van der Waals surface area contributed by atoms with Crippen molar-refractivity contribution in [3.8, 4) is 0 Å². The first kappa shape index (κ1) is 23.7. The fraction of sp³-hybridized carbons (Fsp3) is 0.556. The number of aliphatic hydroxyl groups is 1. The van der Waals surface area contributed by atoms with Gasteiger partial charge in [-0.2, -0.15) is 0 Å². The number of rotatable bonds is 6. The number of carbonyl (C=O) groups is 3. The Morgan fingerprint density at radius 2 is 2.17 bits per heavy atom. The van der Waals surface area contributed by atoms with E-state index in [9.17, 15) is 24.6 Å². The Hall–Kier alpha value is -0.950. The Morgan fingerprint density at radius 3 is 2.77 bits per heavy atom. The van der Waals surface area contributed by atoms with Crippen LogP contribution in [0.15, 0.2) is 14.9 Å². The molecule has 156 valence electrons. The summed E-state index contributed by atoms with van der Waals surface area (Å²) in [5.74, 6) is -3.01. The van der Waals surface area contributed by atoms with E-state index < -0.39 is 18.0 Å². The molecule has 4 rings (SSSR count). The van der Waals surface area contributed by atoms with E-state index in [0.29, 0.717) is 22.3 Å². The predicted octanol–water partition coefficient (Wildman–Crippen LogP) is -4.10. The maximum atomic E-state index is 12.4. The molecule has 0 aliphatic carbocycles. The van der Waals surface area contributed by atoms with Gasteiger partial charge in [-0.05, 0) is 13.3 Å². The van der Waals surface area contributed by atoms with Gasteiger partial charge in [-0.1, -0.05) is 18.7 Å². The van der Waals surface area contributed by atoms with Crippen LogP contribution in [0.1, 0.15) is 24.4 Å². The topological polar surface area (TPSA) is 140 Å². The Bertz CT molecular complexity index is 934. The van der Waals surface area contributed by atoms with Gasteiger partial charge in [-0.15, -0.1) is 11.3 Å². The number of nitrogens with two attached hydrogens (primary N) is 1. The smallest absolute Gasteiger partial charge is 0.543 e. The van der Waals surface area contributed by atoms with Crippen LogP contribution in [0.25, 0.3) is 0 Å². The Balaban J connectivity index is 0.00000256. The Kier molecular flexibility index (Phi) is 7.03. The molecule has 12 heteroatoms. The zero-order chi connectivity index (χ0) is 21.0. The standard InChI is InChI=1S/C18H22N4O5S2.Na/c1-7-13-12(8(2)23)16(25)22(13)14(17(26)27)15(7)29-18-20-9-5-21(6-11(19)24)4-3-10(9)28-18;/h7-8,12-13,23H,3-6H2,1-2H3,(H2,19,24)(H,26,27);/q;+1/p-1. The molecule has 0 bridgehead atoms. The Labute approximate surface area is 204 Å². The van der Waals surface area contributed by atoms with Gasteiger partial charge in [0.05, 0.1) is 42.0 Å². The Morgan fingerprint density at radius 1 is 1.47 bits per heavy atom. The number of aliphatic hydroxyl groups excluding tert-OH is 1. The molecule has 3 aliphatic rings. The van der Waals surface area contributed by atoms with E-state index in [4.69, 9.17) is 5.73 Å². The summed E-state index contributed by atoms with van der Waals surface area (Å²) in [7, 11) is 0. The number of thiazole rings is 1. The summed E-state index contributed by atoms with van der Waals surface area (Å²) in [6.07, 6.45) is -0.0953. The maximum Gasteiger partial charge on any atom is 1.00 e. The van der Waals surface area contributed by atoms with E-state index in [2.05, 4.69) is 4.98 Å². The molecule has 3 aliphatic heterocycles. The minimum atomic E-state index is -1.40. The molecule has 1 aromatic heterocycles. The van der Waals surface area contributed by atoms with E-state index in [0.717, 1.165) is 17.0 Å². The number of β-lactam (4-membered cyclic amide) rings is 1. The number of hydrogen-bond donors (Lipinski definition) is 2. The summed E-state index contributed by atoms with van der Waals surface area (Å²) in [6, 6.07) is -0.376. The molecule has 4 unspecified atom stereocenters. The minimum absolute atomic E-state index is 0. The van der Waals surface area contributed by atoms with Gasteiger partial charge in [0.25, 0.3) is 0 Å². The number of aromatic nitrogens is 1.